The minimum Gasteiger partial charge on any atom is -0.496 e. The van der Waals surface area contributed by atoms with Gasteiger partial charge in [0.25, 0.3) is 5.91 Å². The van der Waals surface area contributed by atoms with Gasteiger partial charge in [-0.25, -0.2) is 9.37 Å². The quantitative estimate of drug-likeness (QED) is 0.478. The molecule has 0 bridgehead atoms. The molecule has 0 saturated heterocycles. The molecule has 1 N–H and O–H groups in total. The first-order valence-electron chi connectivity index (χ1n) is 9.91. The van der Waals surface area contributed by atoms with Gasteiger partial charge in [-0.2, -0.15) is 5.10 Å². The fraction of sp³-hybridized carbons (Fsp3) is 0.261. The van der Waals surface area contributed by atoms with Gasteiger partial charge in [-0.1, -0.05) is 50.3 Å². The van der Waals surface area contributed by atoms with Crippen LogP contribution in [0.25, 0.3) is 10.2 Å². The number of rotatable bonds is 3. The highest BCUT2D eigenvalue weighted by atomic mass is 32.1. The summed E-state index contributed by atoms with van der Waals surface area (Å²) < 4.78 is 20.1. The number of aromatic nitrogens is 3. The summed E-state index contributed by atoms with van der Waals surface area (Å²) in [6, 6.07) is 11.6. The molecular formula is C23H21FN4O2S. The first-order valence-corrected chi connectivity index (χ1v) is 10.7. The van der Waals surface area contributed by atoms with E-state index in [1.54, 1.807) is 18.1 Å². The van der Waals surface area contributed by atoms with E-state index in [4.69, 9.17) is 4.74 Å². The van der Waals surface area contributed by atoms with Crippen LogP contribution < -0.4 is 9.64 Å². The Morgan fingerprint density at radius 2 is 1.97 bits per heavy atom. The number of anilines is 1. The number of amides is 1. The molecule has 2 aromatic carbocycles. The number of carbonyl (C=O) groups excluding carboxylic acids is 1. The molecule has 0 spiro atoms. The van der Waals surface area contributed by atoms with Crippen molar-refractivity contribution in [1.82, 2.24) is 15.2 Å². The van der Waals surface area contributed by atoms with Gasteiger partial charge in [-0.3, -0.25) is 14.8 Å². The smallest absolute Gasteiger partial charge is 0.281 e. The highest BCUT2D eigenvalue weighted by Gasteiger charge is 2.46. The molecule has 1 amide bonds. The maximum Gasteiger partial charge on any atom is 0.281 e. The van der Waals surface area contributed by atoms with Crippen LogP contribution in [-0.2, 0) is 5.41 Å². The van der Waals surface area contributed by atoms with Crippen molar-refractivity contribution < 1.29 is 13.9 Å². The Balaban J connectivity index is 1.76. The number of methoxy groups -OCH3 is 1. The predicted molar refractivity (Wildman–Crippen MR) is 119 cm³/mol. The molecule has 4 aromatic rings. The first-order chi connectivity index (χ1) is 14.8. The molecule has 158 valence electrons. The van der Waals surface area contributed by atoms with Gasteiger partial charge >= 0.3 is 0 Å². The van der Waals surface area contributed by atoms with E-state index in [0.717, 1.165) is 16.8 Å². The minimum atomic E-state index is -0.461. The Kier molecular flexibility index (Phi) is 4.37. The molecule has 0 radical (unpaired) electrons. The number of nitrogens with one attached hydrogen (secondary N) is 1. The van der Waals surface area contributed by atoms with Gasteiger partial charge < -0.3 is 4.74 Å². The molecule has 2 aromatic heterocycles. The average molecular weight is 437 g/mol. The number of benzene rings is 2. The van der Waals surface area contributed by atoms with E-state index >= 15 is 0 Å². The fourth-order valence-electron chi connectivity index (χ4n) is 4.09. The van der Waals surface area contributed by atoms with E-state index in [2.05, 4.69) is 36.0 Å². The molecule has 0 fully saturated rings. The lowest BCUT2D eigenvalue weighted by molar-refractivity contribution is 0.0988. The van der Waals surface area contributed by atoms with Gasteiger partial charge in [-0.15, -0.1) is 0 Å². The summed E-state index contributed by atoms with van der Waals surface area (Å²) in [7, 11) is 1.61. The molecule has 8 heteroatoms. The second-order valence-electron chi connectivity index (χ2n) is 8.54. The van der Waals surface area contributed by atoms with Crippen molar-refractivity contribution in [3.05, 3.63) is 70.8 Å². The summed E-state index contributed by atoms with van der Waals surface area (Å²) in [6.45, 7) is 6.23. The summed E-state index contributed by atoms with van der Waals surface area (Å²) in [5.41, 5.74) is 3.33. The summed E-state index contributed by atoms with van der Waals surface area (Å²) in [6.07, 6.45) is 0. The number of halogens is 1. The van der Waals surface area contributed by atoms with Crippen LogP contribution >= 0.6 is 11.3 Å². The maximum absolute atomic E-state index is 13.8. The largest absolute Gasteiger partial charge is 0.496 e. The molecule has 3 heterocycles. The molecule has 1 aliphatic heterocycles. The van der Waals surface area contributed by atoms with Gasteiger partial charge in [0, 0.05) is 22.2 Å². The molecule has 6 nitrogen and oxygen atoms in total. The molecule has 0 aliphatic carbocycles. The van der Waals surface area contributed by atoms with E-state index in [0.29, 0.717) is 26.8 Å². The monoisotopic (exact) mass is 436 g/mol. The van der Waals surface area contributed by atoms with Gasteiger partial charge in [0.15, 0.2) is 10.8 Å². The van der Waals surface area contributed by atoms with Crippen LogP contribution in [0.3, 0.4) is 0 Å². The first kappa shape index (κ1) is 19.7. The summed E-state index contributed by atoms with van der Waals surface area (Å²) in [5.74, 6) is 0.100. The van der Waals surface area contributed by atoms with Gasteiger partial charge in [0.2, 0.25) is 0 Å². The summed E-state index contributed by atoms with van der Waals surface area (Å²) in [5, 5.41) is 7.96. The summed E-state index contributed by atoms with van der Waals surface area (Å²) in [4.78, 5) is 19.9. The molecule has 1 atom stereocenters. The third-order valence-corrected chi connectivity index (χ3v) is 6.50. The van der Waals surface area contributed by atoms with Gasteiger partial charge in [-0.05, 0) is 24.3 Å². The van der Waals surface area contributed by atoms with Crippen LogP contribution in [0.15, 0.2) is 42.5 Å². The van der Waals surface area contributed by atoms with Crippen molar-refractivity contribution >= 4 is 32.6 Å². The number of para-hydroxylation sites is 1. The Morgan fingerprint density at radius 3 is 2.71 bits per heavy atom. The minimum absolute atomic E-state index is 0.239. The van der Waals surface area contributed by atoms with Crippen LogP contribution in [0.2, 0.25) is 0 Å². The Hall–Kier alpha value is -3.26. The third-order valence-electron chi connectivity index (χ3n) is 5.49. The van der Waals surface area contributed by atoms with Crippen LogP contribution in [0.1, 0.15) is 54.1 Å². The zero-order chi connectivity index (χ0) is 21.9. The maximum atomic E-state index is 13.8. The number of H-pyrrole nitrogens is 1. The Bertz CT molecular complexity index is 1320. The standard InChI is InChI=1S/C23H21FN4O2S/c1-23(2,3)20-17-18(26-27-20)21(29)28(19(17)13-7-5-6-8-15(13)30-4)22-25-14-10-9-12(24)11-16(14)31-22/h5-11,19H,1-4H3,(H,26,27)/t19-/m0/s1. The zero-order valence-electron chi connectivity index (χ0n) is 17.6. The van der Waals surface area contributed by atoms with E-state index in [1.807, 2.05) is 24.3 Å². The molecule has 0 saturated carbocycles. The number of ether oxygens (including phenoxy) is 1. The topological polar surface area (TPSA) is 71.1 Å². The van der Waals surface area contributed by atoms with Crippen molar-refractivity contribution in [2.75, 3.05) is 12.0 Å². The van der Waals surface area contributed by atoms with Crippen LogP contribution in [0.5, 0.6) is 5.75 Å². The Morgan fingerprint density at radius 1 is 1.19 bits per heavy atom. The second-order valence-corrected chi connectivity index (χ2v) is 9.55. The molecule has 5 rings (SSSR count). The average Bonchev–Trinajstić information content (AvgIpc) is 3.40. The molecule has 0 unspecified atom stereocenters. The number of hydrogen-bond donors (Lipinski definition) is 1. The Labute approximate surface area is 182 Å². The lowest BCUT2D eigenvalue weighted by atomic mass is 9.85. The third kappa shape index (κ3) is 3.01. The number of hydrogen-bond acceptors (Lipinski definition) is 5. The number of thiazole rings is 1. The normalized spacial score (nSPS) is 16.2. The predicted octanol–water partition coefficient (Wildman–Crippen LogP) is 5.21. The van der Waals surface area contributed by atoms with E-state index in [-0.39, 0.29) is 17.1 Å². The van der Waals surface area contributed by atoms with Gasteiger partial charge in [0.05, 0.1) is 23.4 Å². The van der Waals surface area contributed by atoms with Gasteiger partial charge in [0.1, 0.15) is 11.6 Å². The number of fused-ring (bicyclic) bond motifs is 2. The molecule has 31 heavy (non-hydrogen) atoms. The van der Waals surface area contributed by atoms with Crippen molar-refractivity contribution in [3.8, 4) is 5.75 Å². The van der Waals surface area contributed by atoms with E-state index in [9.17, 15) is 9.18 Å². The van der Waals surface area contributed by atoms with Crippen LogP contribution in [-0.4, -0.2) is 28.2 Å². The van der Waals surface area contributed by atoms with Crippen LogP contribution in [0, 0.1) is 5.82 Å². The number of carbonyl (C=O) groups is 1. The van der Waals surface area contributed by atoms with Crippen molar-refractivity contribution in [3.63, 3.8) is 0 Å². The SMILES string of the molecule is COc1ccccc1[C@H]1c2c(n[nH]c2C(C)(C)C)C(=O)N1c1nc2ccc(F)cc2s1. The zero-order valence-corrected chi connectivity index (χ0v) is 18.4. The fourth-order valence-corrected chi connectivity index (χ4v) is 5.10. The second kappa shape index (κ2) is 6.88. The van der Waals surface area contributed by atoms with E-state index in [1.165, 1.54) is 23.5 Å². The van der Waals surface area contributed by atoms with Crippen molar-refractivity contribution in [2.45, 2.75) is 32.2 Å². The number of aromatic amines is 1. The lowest BCUT2D eigenvalue weighted by Crippen LogP contribution is -2.30. The number of nitrogens with zero attached hydrogens (tertiary/aromatic N) is 3. The highest BCUT2D eigenvalue weighted by molar-refractivity contribution is 7.22. The molecule has 1 aliphatic rings. The van der Waals surface area contributed by atoms with Crippen molar-refractivity contribution in [1.29, 1.82) is 0 Å². The lowest BCUT2D eigenvalue weighted by Gasteiger charge is -2.27. The van der Waals surface area contributed by atoms with Crippen LogP contribution in [0.4, 0.5) is 9.52 Å². The molecular weight excluding hydrogens is 415 g/mol. The summed E-state index contributed by atoms with van der Waals surface area (Å²) >= 11 is 1.29. The van der Waals surface area contributed by atoms with Crippen molar-refractivity contribution in [2.24, 2.45) is 0 Å². The highest BCUT2D eigenvalue weighted by Crippen LogP contribution is 2.48. The van der Waals surface area contributed by atoms with E-state index < -0.39 is 6.04 Å².